The van der Waals surface area contributed by atoms with Gasteiger partial charge in [-0.05, 0) is 24.5 Å². The van der Waals surface area contributed by atoms with Crippen molar-refractivity contribution in [1.82, 2.24) is 9.97 Å². The molecule has 0 radical (unpaired) electrons. The number of rotatable bonds is 3. The first-order valence-corrected chi connectivity index (χ1v) is 7.26. The summed E-state index contributed by atoms with van der Waals surface area (Å²) in [5.74, 6) is 1.41. The number of hydrogen-bond acceptors (Lipinski definition) is 2. The summed E-state index contributed by atoms with van der Waals surface area (Å²) in [6.45, 7) is 0. The van der Waals surface area contributed by atoms with Crippen molar-refractivity contribution < 1.29 is 0 Å². The summed E-state index contributed by atoms with van der Waals surface area (Å²) in [4.78, 5) is 9.07. The highest BCUT2D eigenvalue weighted by Gasteiger charge is 2.19. The molecule has 3 heteroatoms. The molecule has 1 fully saturated rings. The third-order valence-corrected chi connectivity index (χ3v) is 3.93. The summed E-state index contributed by atoms with van der Waals surface area (Å²) in [7, 11) is 0. The van der Waals surface area contributed by atoms with E-state index >= 15 is 0 Å². The minimum absolute atomic E-state index is 0.572. The molecule has 98 valence electrons. The molecule has 1 aliphatic rings. The zero-order valence-corrected chi connectivity index (χ0v) is 11.6. The summed E-state index contributed by atoms with van der Waals surface area (Å²) in [6.07, 6.45) is 5.83. The Morgan fingerprint density at radius 2 is 1.79 bits per heavy atom. The molecule has 1 saturated carbocycles. The van der Waals surface area contributed by atoms with Crippen molar-refractivity contribution in [3.05, 3.63) is 58.6 Å². The Labute approximate surface area is 118 Å². The van der Waals surface area contributed by atoms with Crippen LogP contribution in [0.1, 0.15) is 48.7 Å². The molecule has 1 heterocycles. The molecule has 1 aromatic heterocycles. The molecule has 0 saturated heterocycles. The summed E-state index contributed by atoms with van der Waals surface area (Å²) in [6, 6.07) is 12.2. The van der Waals surface area contributed by atoms with E-state index in [9.17, 15) is 0 Å². The molecule has 0 aliphatic heterocycles. The van der Waals surface area contributed by atoms with Crippen LogP contribution in [0.2, 0.25) is 5.15 Å². The summed E-state index contributed by atoms with van der Waals surface area (Å²) >= 11 is 6.14. The first-order valence-electron chi connectivity index (χ1n) is 6.88. The lowest BCUT2D eigenvalue weighted by Gasteiger charge is -2.10. The van der Waals surface area contributed by atoms with Crippen LogP contribution in [0.15, 0.2) is 36.4 Å². The summed E-state index contributed by atoms with van der Waals surface area (Å²) in [5, 5.41) is 0.572. The van der Waals surface area contributed by atoms with E-state index in [1.807, 2.05) is 24.3 Å². The van der Waals surface area contributed by atoms with Gasteiger partial charge in [0, 0.05) is 18.0 Å². The van der Waals surface area contributed by atoms with Crippen LogP contribution in [0.25, 0.3) is 0 Å². The number of nitrogens with zero attached hydrogens (tertiary/aromatic N) is 2. The van der Waals surface area contributed by atoms with Crippen LogP contribution in [-0.2, 0) is 6.42 Å². The number of benzene rings is 1. The van der Waals surface area contributed by atoms with Crippen LogP contribution in [0.5, 0.6) is 0 Å². The van der Waals surface area contributed by atoms with Gasteiger partial charge in [0.05, 0.1) is 0 Å². The van der Waals surface area contributed by atoms with Crippen LogP contribution in [0.3, 0.4) is 0 Å². The van der Waals surface area contributed by atoms with Crippen molar-refractivity contribution in [3.63, 3.8) is 0 Å². The molecule has 1 aromatic carbocycles. The molecular formula is C16H17ClN2. The van der Waals surface area contributed by atoms with E-state index in [2.05, 4.69) is 17.1 Å². The van der Waals surface area contributed by atoms with Crippen molar-refractivity contribution in [1.29, 1.82) is 0 Å². The topological polar surface area (TPSA) is 25.8 Å². The van der Waals surface area contributed by atoms with Gasteiger partial charge in [-0.1, -0.05) is 54.8 Å². The van der Waals surface area contributed by atoms with Gasteiger partial charge in [-0.15, -0.1) is 0 Å². The van der Waals surface area contributed by atoms with E-state index in [4.69, 9.17) is 16.6 Å². The molecule has 19 heavy (non-hydrogen) atoms. The molecule has 1 aliphatic carbocycles. The van der Waals surface area contributed by atoms with E-state index in [-0.39, 0.29) is 0 Å². The second kappa shape index (κ2) is 5.70. The molecule has 0 atom stereocenters. The Kier molecular flexibility index (Phi) is 3.79. The van der Waals surface area contributed by atoms with Crippen LogP contribution in [0.4, 0.5) is 0 Å². The molecule has 0 unspecified atom stereocenters. The van der Waals surface area contributed by atoms with Crippen LogP contribution < -0.4 is 0 Å². The highest BCUT2D eigenvalue weighted by atomic mass is 35.5. The molecule has 3 rings (SSSR count). The highest BCUT2D eigenvalue weighted by molar-refractivity contribution is 6.29. The van der Waals surface area contributed by atoms with Gasteiger partial charge >= 0.3 is 0 Å². The van der Waals surface area contributed by atoms with Gasteiger partial charge in [0.2, 0.25) is 0 Å². The van der Waals surface area contributed by atoms with Gasteiger partial charge in [-0.3, -0.25) is 0 Å². The maximum atomic E-state index is 6.14. The standard InChI is InChI=1S/C16H17ClN2/c17-15-11-14(13-8-4-5-9-13)18-16(19-15)10-12-6-2-1-3-7-12/h1-3,6-7,11,13H,4-5,8-10H2. The fraction of sp³-hybridized carbons (Fsp3) is 0.375. The largest absolute Gasteiger partial charge is 0.237 e. The quantitative estimate of drug-likeness (QED) is 0.775. The molecule has 2 nitrogen and oxygen atoms in total. The van der Waals surface area contributed by atoms with Crippen LogP contribution >= 0.6 is 11.6 Å². The number of aromatic nitrogens is 2. The second-order valence-electron chi connectivity index (χ2n) is 5.18. The van der Waals surface area contributed by atoms with E-state index in [0.29, 0.717) is 11.1 Å². The Hall–Kier alpha value is -1.41. The van der Waals surface area contributed by atoms with Crippen molar-refractivity contribution in [2.24, 2.45) is 0 Å². The minimum Gasteiger partial charge on any atom is -0.237 e. The molecule has 0 spiro atoms. The first-order chi connectivity index (χ1) is 9.31. The van der Waals surface area contributed by atoms with Crippen molar-refractivity contribution in [3.8, 4) is 0 Å². The normalized spacial score (nSPS) is 15.8. The van der Waals surface area contributed by atoms with Crippen LogP contribution in [-0.4, -0.2) is 9.97 Å². The van der Waals surface area contributed by atoms with E-state index < -0.39 is 0 Å². The Balaban J connectivity index is 1.85. The van der Waals surface area contributed by atoms with Crippen molar-refractivity contribution in [2.75, 3.05) is 0 Å². The Bertz CT molecular complexity index is 548. The highest BCUT2D eigenvalue weighted by Crippen LogP contribution is 2.33. The summed E-state index contributed by atoms with van der Waals surface area (Å²) in [5.41, 5.74) is 2.35. The predicted molar refractivity (Wildman–Crippen MR) is 77.5 cm³/mol. The SMILES string of the molecule is Clc1cc(C2CCCC2)nc(Cc2ccccc2)n1. The molecular weight excluding hydrogens is 256 g/mol. The second-order valence-corrected chi connectivity index (χ2v) is 5.56. The number of halogens is 1. The maximum absolute atomic E-state index is 6.14. The van der Waals surface area contributed by atoms with Gasteiger partial charge in [0.1, 0.15) is 11.0 Å². The lowest BCUT2D eigenvalue weighted by molar-refractivity contribution is 0.686. The minimum atomic E-state index is 0.572. The fourth-order valence-corrected chi connectivity index (χ4v) is 2.98. The van der Waals surface area contributed by atoms with E-state index in [1.54, 1.807) is 0 Å². The van der Waals surface area contributed by atoms with Crippen LogP contribution in [0, 0.1) is 0 Å². The van der Waals surface area contributed by atoms with Gasteiger partial charge in [-0.25, -0.2) is 9.97 Å². The fourth-order valence-electron chi connectivity index (χ4n) is 2.77. The monoisotopic (exact) mass is 272 g/mol. The Morgan fingerprint density at radius 1 is 1.05 bits per heavy atom. The molecule has 0 amide bonds. The smallest absolute Gasteiger partial charge is 0.134 e. The zero-order valence-electron chi connectivity index (χ0n) is 10.8. The molecule has 2 aromatic rings. The molecule has 0 N–H and O–H groups in total. The first kappa shape index (κ1) is 12.6. The average molecular weight is 273 g/mol. The maximum Gasteiger partial charge on any atom is 0.134 e. The Morgan fingerprint density at radius 3 is 2.53 bits per heavy atom. The van der Waals surface area contributed by atoms with Gasteiger partial charge in [0.25, 0.3) is 0 Å². The van der Waals surface area contributed by atoms with Gasteiger partial charge in [0.15, 0.2) is 0 Å². The van der Waals surface area contributed by atoms with Crippen molar-refractivity contribution in [2.45, 2.75) is 38.0 Å². The van der Waals surface area contributed by atoms with E-state index in [1.165, 1.54) is 31.2 Å². The van der Waals surface area contributed by atoms with E-state index in [0.717, 1.165) is 17.9 Å². The van der Waals surface area contributed by atoms with Gasteiger partial charge < -0.3 is 0 Å². The van der Waals surface area contributed by atoms with Gasteiger partial charge in [-0.2, -0.15) is 0 Å². The third-order valence-electron chi connectivity index (χ3n) is 3.74. The predicted octanol–water partition coefficient (Wildman–Crippen LogP) is 4.38. The third kappa shape index (κ3) is 3.13. The summed E-state index contributed by atoms with van der Waals surface area (Å²) < 4.78 is 0. The lowest BCUT2D eigenvalue weighted by atomic mass is 10.0. The molecule has 0 bridgehead atoms. The average Bonchev–Trinajstić information content (AvgIpc) is 2.93. The number of hydrogen-bond donors (Lipinski definition) is 0. The lowest BCUT2D eigenvalue weighted by Crippen LogP contribution is -2.04. The zero-order chi connectivity index (χ0) is 13.1. The van der Waals surface area contributed by atoms with Crippen molar-refractivity contribution >= 4 is 11.6 Å².